The molecule has 3 fully saturated rings. The number of amides is 2. The molecule has 2 amide bonds. The molecule has 2 aliphatic heterocycles. The average Bonchev–Trinajstić information content (AvgIpc) is 3.13. The number of hydrogen-bond acceptors (Lipinski definition) is 3. The van der Waals surface area contributed by atoms with Gasteiger partial charge in [-0.25, -0.2) is 0 Å². The molecule has 0 bridgehead atoms. The van der Waals surface area contributed by atoms with Gasteiger partial charge in [0.1, 0.15) is 0 Å². The standard InChI is InChI=1S/C15H25N3O2/c1-11(19)18-8-12-4-2-3-7-17(14(12)9-18)10-15(20)16-13-5-6-13/h12-14H,2-10H2,1H3,(H,16,20)/t12-,14+/m0/s1. The highest BCUT2D eigenvalue weighted by Crippen LogP contribution is 2.30. The maximum absolute atomic E-state index is 12.0. The molecule has 5 heteroatoms. The first kappa shape index (κ1) is 13.9. The zero-order valence-corrected chi connectivity index (χ0v) is 12.3. The van der Waals surface area contributed by atoms with E-state index < -0.39 is 0 Å². The van der Waals surface area contributed by atoms with Crippen molar-refractivity contribution in [2.24, 2.45) is 5.92 Å². The maximum atomic E-state index is 12.0. The van der Waals surface area contributed by atoms with E-state index in [1.807, 2.05) is 4.90 Å². The predicted octanol–water partition coefficient (Wildman–Crippen LogP) is 0.598. The van der Waals surface area contributed by atoms with Crippen molar-refractivity contribution in [1.29, 1.82) is 0 Å². The fraction of sp³-hybridized carbons (Fsp3) is 0.867. The second-order valence-corrected chi connectivity index (χ2v) is 6.56. The summed E-state index contributed by atoms with van der Waals surface area (Å²) in [5, 5.41) is 3.07. The van der Waals surface area contributed by atoms with Gasteiger partial charge in [0.05, 0.1) is 6.54 Å². The zero-order valence-electron chi connectivity index (χ0n) is 12.3. The van der Waals surface area contributed by atoms with Crippen molar-refractivity contribution >= 4 is 11.8 Å². The van der Waals surface area contributed by atoms with Gasteiger partial charge in [0, 0.05) is 32.1 Å². The third kappa shape index (κ3) is 3.14. The Balaban J connectivity index is 1.62. The second kappa shape index (κ2) is 5.72. The van der Waals surface area contributed by atoms with Gasteiger partial charge in [-0.1, -0.05) is 6.42 Å². The lowest BCUT2D eigenvalue weighted by Gasteiger charge is -2.29. The van der Waals surface area contributed by atoms with Crippen molar-refractivity contribution in [3.05, 3.63) is 0 Å². The Kier molecular flexibility index (Phi) is 3.96. The van der Waals surface area contributed by atoms with Gasteiger partial charge >= 0.3 is 0 Å². The molecule has 1 N–H and O–H groups in total. The molecular formula is C15H25N3O2. The largest absolute Gasteiger partial charge is 0.352 e. The highest BCUT2D eigenvalue weighted by atomic mass is 16.2. The molecule has 0 aromatic rings. The van der Waals surface area contributed by atoms with Crippen LogP contribution in [0.3, 0.4) is 0 Å². The van der Waals surface area contributed by atoms with Gasteiger partial charge in [0.15, 0.2) is 0 Å². The molecule has 112 valence electrons. The first-order valence-electron chi connectivity index (χ1n) is 7.92. The van der Waals surface area contributed by atoms with E-state index in [0.29, 0.717) is 24.5 Å². The van der Waals surface area contributed by atoms with Crippen LogP contribution in [0.5, 0.6) is 0 Å². The van der Waals surface area contributed by atoms with Gasteiger partial charge in [-0.05, 0) is 38.1 Å². The molecule has 0 radical (unpaired) electrons. The van der Waals surface area contributed by atoms with Gasteiger partial charge in [0.25, 0.3) is 0 Å². The van der Waals surface area contributed by atoms with Crippen LogP contribution in [-0.2, 0) is 9.59 Å². The van der Waals surface area contributed by atoms with E-state index in [0.717, 1.165) is 32.5 Å². The fourth-order valence-corrected chi connectivity index (χ4v) is 3.58. The zero-order chi connectivity index (χ0) is 14.1. The van der Waals surface area contributed by atoms with Gasteiger partial charge in [0.2, 0.25) is 11.8 Å². The topological polar surface area (TPSA) is 52.7 Å². The smallest absolute Gasteiger partial charge is 0.234 e. The summed E-state index contributed by atoms with van der Waals surface area (Å²) in [6, 6.07) is 0.814. The summed E-state index contributed by atoms with van der Waals surface area (Å²) in [6.07, 6.45) is 5.85. The number of hydrogen-bond donors (Lipinski definition) is 1. The molecular weight excluding hydrogens is 254 g/mol. The minimum atomic E-state index is 0.162. The predicted molar refractivity (Wildman–Crippen MR) is 76.1 cm³/mol. The van der Waals surface area contributed by atoms with E-state index in [-0.39, 0.29) is 11.8 Å². The van der Waals surface area contributed by atoms with Crippen LogP contribution in [0.15, 0.2) is 0 Å². The van der Waals surface area contributed by atoms with Crippen molar-refractivity contribution in [2.75, 3.05) is 26.2 Å². The van der Waals surface area contributed by atoms with Gasteiger partial charge in [-0.15, -0.1) is 0 Å². The molecule has 1 aliphatic carbocycles. The van der Waals surface area contributed by atoms with Crippen molar-refractivity contribution in [1.82, 2.24) is 15.1 Å². The summed E-state index contributed by atoms with van der Waals surface area (Å²) in [4.78, 5) is 27.9. The molecule has 2 atom stereocenters. The van der Waals surface area contributed by atoms with Crippen LogP contribution in [0.2, 0.25) is 0 Å². The highest BCUT2D eigenvalue weighted by molar-refractivity contribution is 5.78. The van der Waals surface area contributed by atoms with Crippen molar-refractivity contribution in [2.45, 2.75) is 51.1 Å². The lowest BCUT2D eigenvalue weighted by atomic mass is 9.98. The summed E-state index contributed by atoms with van der Waals surface area (Å²) < 4.78 is 0. The van der Waals surface area contributed by atoms with Crippen molar-refractivity contribution in [3.8, 4) is 0 Å². The van der Waals surface area contributed by atoms with E-state index in [1.54, 1.807) is 6.92 Å². The average molecular weight is 279 g/mol. The molecule has 5 nitrogen and oxygen atoms in total. The summed E-state index contributed by atoms with van der Waals surface area (Å²) in [6.45, 7) is 4.82. The lowest BCUT2D eigenvalue weighted by molar-refractivity contribution is -0.128. The van der Waals surface area contributed by atoms with Gasteiger partial charge in [-0.2, -0.15) is 0 Å². The Morgan fingerprint density at radius 1 is 1.15 bits per heavy atom. The number of carbonyl (C=O) groups is 2. The lowest BCUT2D eigenvalue weighted by Crippen LogP contribution is -2.46. The monoisotopic (exact) mass is 279 g/mol. The Morgan fingerprint density at radius 3 is 2.65 bits per heavy atom. The van der Waals surface area contributed by atoms with Crippen LogP contribution < -0.4 is 5.32 Å². The molecule has 0 aromatic heterocycles. The molecule has 20 heavy (non-hydrogen) atoms. The van der Waals surface area contributed by atoms with Gasteiger partial charge < -0.3 is 10.2 Å². The number of fused-ring (bicyclic) bond motifs is 1. The molecule has 2 heterocycles. The third-order valence-corrected chi connectivity index (χ3v) is 4.88. The summed E-state index contributed by atoms with van der Waals surface area (Å²) in [5.74, 6) is 0.880. The number of nitrogens with zero attached hydrogens (tertiary/aromatic N) is 2. The minimum absolute atomic E-state index is 0.162. The van der Waals surface area contributed by atoms with E-state index in [1.165, 1.54) is 19.3 Å². The van der Waals surface area contributed by atoms with E-state index in [2.05, 4.69) is 10.2 Å². The summed E-state index contributed by atoms with van der Waals surface area (Å²) in [5.41, 5.74) is 0. The second-order valence-electron chi connectivity index (χ2n) is 6.56. The van der Waals surface area contributed by atoms with Crippen LogP contribution in [0, 0.1) is 5.92 Å². The first-order valence-corrected chi connectivity index (χ1v) is 7.92. The van der Waals surface area contributed by atoms with E-state index in [4.69, 9.17) is 0 Å². The molecule has 2 saturated heterocycles. The summed E-state index contributed by atoms with van der Waals surface area (Å²) >= 11 is 0. The molecule has 0 aromatic carbocycles. The van der Waals surface area contributed by atoms with Crippen molar-refractivity contribution in [3.63, 3.8) is 0 Å². The van der Waals surface area contributed by atoms with Crippen LogP contribution >= 0.6 is 0 Å². The Morgan fingerprint density at radius 2 is 1.95 bits per heavy atom. The SMILES string of the molecule is CC(=O)N1C[C@@H]2CCCCN(CC(=O)NC3CC3)[C@@H]2C1. The fourth-order valence-electron chi connectivity index (χ4n) is 3.58. The maximum Gasteiger partial charge on any atom is 0.234 e. The molecule has 3 rings (SSSR count). The Hall–Kier alpha value is -1.10. The Bertz CT molecular complexity index is 395. The van der Waals surface area contributed by atoms with Gasteiger partial charge in [-0.3, -0.25) is 14.5 Å². The van der Waals surface area contributed by atoms with E-state index >= 15 is 0 Å². The molecule has 0 spiro atoms. The van der Waals surface area contributed by atoms with Crippen LogP contribution in [-0.4, -0.2) is 59.9 Å². The van der Waals surface area contributed by atoms with Crippen LogP contribution in [0.25, 0.3) is 0 Å². The van der Waals surface area contributed by atoms with E-state index in [9.17, 15) is 9.59 Å². The van der Waals surface area contributed by atoms with Crippen LogP contribution in [0.1, 0.15) is 39.0 Å². The summed E-state index contributed by atoms with van der Waals surface area (Å²) in [7, 11) is 0. The number of rotatable bonds is 3. The number of likely N-dealkylation sites (tertiary alicyclic amines) is 2. The number of nitrogens with one attached hydrogen (secondary N) is 1. The highest BCUT2D eigenvalue weighted by Gasteiger charge is 2.39. The van der Waals surface area contributed by atoms with Crippen molar-refractivity contribution < 1.29 is 9.59 Å². The molecule has 3 aliphatic rings. The van der Waals surface area contributed by atoms with Crippen LogP contribution in [0.4, 0.5) is 0 Å². The minimum Gasteiger partial charge on any atom is -0.352 e. The number of carbonyl (C=O) groups excluding carboxylic acids is 2. The third-order valence-electron chi connectivity index (χ3n) is 4.88. The quantitative estimate of drug-likeness (QED) is 0.823. The Labute approximate surface area is 120 Å². The first-order chi connectivity index (χ1) is 9.63. The molecule has 1 saturated carbocycles. The molecule has 0 unspecified atom stereocenters. The normalized spacial score (nSPS) is 30.8.